The van der Waals surface area contributed by atoms with Gasteiger partial charge in [0.05, 0.1) is 7.11 Å². The Morgan fingerprint density at radius 1 is 0.964 bits per heavy atom. The van der Waals surface area contributed by atoms with Crippen molar-refractivity contribution in [3.63, 3.8) is 0 Å². The molecule has 3 aromatic carbocycles. The lowest BCUT2D eigenvalue weighted by Crippen LogP contribution is -2.87. The lowest BCUT2D eigenvalue weighted by molar-refractivity contribution is -0.676. The summed E-state index contributed by atoms with van der Waals surface area (Å²) in [6.07, 6.45) is 0. The monoisotopic (exact) mass is 395 g/mol. The van der Waals surface area contributed by atoms with Gasteiger partial charge in [-0.25, -0.2) is 0 Å². The fourth-order valence-electron chi connectivity index (χ4n) is 3.13. The van der Waals surface area contributed by atoms with E-state index in [1.807, 2.05) is 72.0 Å². The first-order valence-corrected chi connectivity index (χ1v) is 9.57. The van der Waals surface area contributed by atoms with Crippen molar-refractivity contribution in [1.82, 2.24) is 5.32 Å². The molecular weight excluding hydrogens is 372 g/mol. The van der Waals surface area contributed by atoms with Crippen molar-refractivity contribution in [3.05, 3.63) is 101 Å². The fraction of sp³-hybridized carbons (Fsp3) is 0.174. The zero-order chi connectivity index (χ0) is 19.8. The quantitative estimate of drug-likeness (QED) is 0.614. The molecule has 1 amide bonds. The molecule has 0 bridgehead atoms. The highest BCUT2D eigenvalue weighted by molar-refractivity contribution is 6.30. The Kier molecular flexibility index (Phi) is 7.06. The number of carbonyl (C=O) groups is 1. The molecule has 0 aliphatic heterocycles. The van der Waals surface area contributed by atoms with Crippen molar-refractivity contribution in [2.45, 2.75) is 12.6 Å². The van der Waals surface area contributed by atoms with Crippen LogP contribution >= 0.6 is 11.6 Å². The SMILES string of the molecule is COc1ccccc1CNC(=O)C[NH2+][C@H](c1ccccc1)c1ccc(Cl)cc1. The first kappa shape index (κ1) is 19.9. The van der Waals surface area contributed by atoms with Crippen LogP contribution in [-0.4, -0.2) is 19.6 Å². The number of hydrogen-bond acceptors (Lipinski definition) is 2. The van der Waals surface area contributed by atoms with Crippen molar-refractivity contribution in [2.24, 2.45) is 0 Å². The van der Waals surface area contributed by atoms with Gasteiger partial charge >= 0.3 is 0 Å². The lowest BCUT2D eigenvalue weighted by Gasteiger charge is -2.17. The summed E-state index contributed by atoms with van der Waals surface area (Å²) < 4.78 is 5.33. The van der Waals surface area contributed by atoms with Gasteiger partial charge in [0.1, 0.15) is 11.8 Å². The molecule has 0 heterocycles. The van der Waals surface area contributed by atoms with E-state index in [-0.39, 0.29) is 11.9 Å². The van der Waals surface area contributed by atoms with E-state index in [1.165, 1.54) is 0 Å². The Hall–Kier alpha value is -2.82. The van der Waals surface area contributed by atoms with Gasteiger partial charge in [0.15, 0.2) is 6.54 Å². The van der Waals surface area contributed by atoms with E-state index < -0.39 is 0 Å². The first-order valence-electron chi connectivity index (χ1n) is 9.19. The van der Waals surface area contributed by atoms with Crippen molar-refractivity contribution in [1.29, 1.82) is 0 Å². The highest BCUT2D eigenvalue weighted by atomic mass is 35.5. The molecule has 4 nitrogen and oxygen atoms in total. The molecule has 28 heavy (non-hydrogen) atoms. The van der Waals surface area contributed by atoms with Crippen LogP contribution in [0.5, 0.6) is 5.75 Å². The van der Waals surface area contributed by atoms with Gasteiger partial charge in [-0.15, -0.1) is 0 Å². The van der Waals surface area contributed by atoms with Gasteiger partial charge in [-0.2, -0.15) is 0 Å². The van der Waals surface area contributed by atoms with Crippen LogP contribution in [0.3, 0.4) is 0 Å². The van der Waals surface area contributed by atoms with Crippen LogP contribution in [0.2, 0.25) is 5.02 Å². The summed E-state index contributed by atoms with van der Waals surface area (Å²) in [5.74, 6) is 0.746. The Bertz CT molecular complexity index is 898. The second-order valence-corrected chi connectivity index (χ2v) is 6.90. The Morgan fingerprint density at radius 2 is 1.61 bits per heavy atom. The fourth-order valence-corrected chi connectivity index (χ4v) is 3.26. The molecule has 3 rings (SSSR count). The molecule has 3 aromatic rings. The van der Waals surface area contributed by atoms with E-state index in [1.54, 1.807) is 7.11 Å². The van der Waals surface area contributed by atoms with Crippen LogP contribution in [0, 0.1) is 0 Å². The Morgan fingerprint density at radius 3 is 2.32 bits per heavy atom. The normalized spacial score (nSPS) is 11.6. The maximum absolute atomic E-state index is 12.4. The van der Waals surface area contributed by atoms with E-state index in [4.69, 9.17) is 16.3 Å². The second-order valence-electron chi connectivity index (χ2n) is 6.47. The number of ether oxygens (including phenoxy) is 1. The molecule has 0 aliphatic carbocycles. The smallest absolute Gasteiger partial charge is 0.275 e. The topological polar surface area (TPSA) is 54.9 Å². The molecule has 0 saturated carbocycles. The number of carbonyl (C=O) groups excluding carboxylic acids is 1. The highest BCUT2D eigenvalue weighted by Gasteiger charge is 2.19. The summed E-state index contributed by atoms with van der Waals surface area (Å²) in [6, 6.07) is 25.6. The van der Waals surface area contributed by atoms with Gasteiger partial charge in [0.25, 0.3) is 5.91 Å². The van der Waals surface area contributed by atoms with Crippen molar-refractivity contribution in [3.8, 4) is 5.75 Å². The van der Waals surface area contributed by atoms with Crippen molar-refractivity contribution < 1.29 is 14.8 Å². The van der Waals surface area contributed by atoms with E-state index in [0.717, 1.165) is 22.4 Å². The summed E-state index contributed by atoms with van der Waals surface area (Å²) in [4.78, 5) is 12.4. The van der Waals surface area contributed by atoms with Gasteiger partial charge in [-0.05, 0) is 18.2 Å². The van der Waals surface area contributed by atoms with Crippen LogP contribution in [0.25, 0.3) is 0 Å². The maximum atomic E-state index is 12.4. The predicted octanol–water partition coefficient (Wildman–Crippen LogP) is 3.32. The van der Waals surface area contributed by atoms with E-state index in [9.17, 15) is 4.79 Å². The number of nitrogens with two attached hydrogens (primary N) is 1. The molecule has 0 radical (unpaired) electrons. The second kappa shape index (κ2) is 9.93. The van der Waals surface area contributed by atoms with Gasteiger partial charge in [-0.3, -0.25) is 4.79 Å². The Labute approximate surface area is 170 Å². The summed E-state index contributed by atoms with van der Waals surface area (Å²) in [5.41, 5.74) is 3.20. The molecule has 0 spiro atoms. The third-order valence-electron chi connectivity index (χ3n) is 4.60. The zero-order valence-electron chi connectivity index (χ0n) is 15.8. The predicted molar refractivity (Wildman–Crippen MR) is 111 cm³/mol. The van der Waals surface area contributed by atoms with Crippen LogP contribution in [0.4, 0.5) is 0 Å². The minimum absolute atomic E-state index is 0.0236. The number of hydrogen-bond donors (Lipinski definition) is 2. The largest absolute Gasteiger partial charge is 0.496 e. The third kappa shape index (κ3) is 5.35. The summed E-state index contributed by atoms with van der Waals surface area (Å²) in [7, 11) is 1.63. The average molecular weight is 396 g/mol. The minimum Gasteiger partial charge on any atom is -0.496 e. The van der Waals surface area contributed by atoms with Crippen LogP contribution in [0.15, 0.2) is 78.9 Å². The van der Waals surface area contributed by atoms with Crippen LogP contribution in [0.1, 0.15) is 22.7 Å². The summed E-state index contributed by atoms with van der Waals surface area (Å²) in [6.45, 7) is 0.755. The molecule has 0 aromatic heterocycles. The maximum Gasteiger partial charge on any atom is 0.275 e. The zero-order valence-corrected chi connectivity index (χ0v) is 16.5. The minimum atomic E-state index is -0.0270. The summed E-state index contributed by atoms with van der Waals surface area (Å²) >= 11 is 6.03. The molecule has 0 fully saturated rings. The van der Waals surface area contributed by atoms with E-state index in [0.29, 0.717) is 18.1 Å². The molecule has 0 saturated heterocycles. The molecule has 3 N–H and O–H groups in total. The number of para-hydroxylation sites is 1. The number of quaternary nitrogens is 1. The van der Waals surface area contributed by atoms with Gasteiger partial charge in [-0.1, -0.05) is 72.3 Å². The number of halogens is 1. The lowest BCUT2D eigenvalue weighted by atomic mass is 9.99. The van der Waals surface area contributed by atoms with Gasteiger partial charge in [0, 0.05) is 28.3 Å². The van der Waals surface area contributed by atoms with Crippen molar-refractivity contribution >= 4 is 17.5 Å². The highest BCUT2D eigenvalue weighted by Crippen LogP contribution is 2.20. The van der Waals surface area contributed by atoms with Crippen LogP contribution < -0.4 is 15.4 Å². The number of amides is 1. The summed E-state index contributed by atoms with van der Waals surface area (Å²) in [5, 5.41) is 5.71. The number of rotatable bonds is 8. The van der Waals surface area contributed by atoms with E-state index >= 15 is 0 Å². The first-order chi connectivity index (χ1) is 13.7. The van der Waals surface area contributed by atoms with E-state index in [2.05, 4.69) is 17.4 Å². The van der Waals surface area contributed by atoms with Crippen LogP contribution in [-0.2, 0) is 11.3 Å². The average Bonchev–Trinajstić information content (AvgIpc) is 2.74. The number of methoxy groups -OCH3 is 1. The van der Waals surface area contributed by atoms with Crippen molar-refractivity contribution in [2.75, 3.05) is 13.7 Å². The Balaban J connectivity index is 1.64. The molecule has 0 unspecified atom stereocenters. The molecule has 0 aliphatic rings. The standard InChI is InChI=1S/C23H23ClN2O2/c1-28-21-10-6-5-9-19(21)15-25-22(27)16-26-23(17-7-3-2-4-8-17)18-11-13-20(24)14-12-18/h2-14,23,26H,15-16H2,1H3,(H,25,27)/p+1/t23-/m1/s1. The number of benzene rings is 3. The van der Waals surface area contributed by atoms with Gasteiger partial charge < -0.3 is 15.4 Å². The molecular formula is C23H24ClN2O2+. The molecule has 5 heteroatoms. The third-order valence-corrected chi connectivity index (χ3v) is 4.85. The molecule has 144 valence electrons. The molecule has 1 atom stereocenters. The number of nitrogens with one attached hydrogen (secondary N) is 1. The van der Waals surface area contributed by atoms with Gasteiger partial charge in [0.2, 0.25) is 0 Å².